The molecule has 0 aromatic heterocycles. The molecule has 0 amide bonds. The molecule has 5 heavy (non-hydrogen) atoms. The van der Waals surface area contributed by atoms with E-state index in [9.17, 15) is 0 Å². The van der Waals surface area contributed by atoms with Gasteiger partial charge in [0.05, 0.1) is 0 Å². The Morgan fingerprint density at radius 1 is 1.80 bits per heavy atom. The smallest absolute Gasteiger partial charge is 0.0311 e. The van der Waals surface area contributed by atoms with Crippen LogP contribution in [0, 0.1) is 0 Å². The molecule has 0 saturated heterocycles. The van der Waals surface area contributed by atoms with Crippen LogP contribution in [0.25, 0.3) is 0 Å². The van der Waals surface area contributed by atoms with Crippen LogP contribution in [-0.2, 0) is 0 Å². The van der Waals surface area contributed by atoms with Crippen molar-refractivity contribution in [3.63, 3.8) is 0 Å². The molecule has 30 valence electrons. The summed E-state index contributed by atoms with van der Waals surface area (Å²) in [5, 5.41) is 1.31. The SMILES string of the molecule is CCC(C)=P. The maximum Gasteiger partial charge on any atom is -0.0311 e. The summed E-state index contributed by atoms with van der Waals surface area (Å²) >= 11 is 0. The van der Waals surface area contributed by atoms with E-state index in [1.807, 2.05) is 0 Å². The second-order valence-corrected chi connectivity index (χ2v) is 1.99. The summed E-state index contributed by atoms with van der Waals surface area (Å²) in [4.78, 5) is 0. The Hall–Kier alpha value is 0.170. The highest BCUT2D eigenvalue weighted by Gasteiger charge is 1.68. The van der Waals surface area contributed by atoms with Gasteiger partial charge >= 0.3 is 0 Å². The first-order valence-corrected chi connectivity index (χ1v) is 2.31. The summed E-state index contributed by atoms with van der Waals surface area (Å²) in [6.45, 7) is 4.17. The first kappa shape index (κ1) is 5.17. The third kappa shape index (κ3) is 4.17. The quantitative estimate of drug-likeness (QED) is 0.428. The summed E-state index contributed by atoms with van der Waals surface area (Å²) < 4.78 is 0. The van der Waals surface area contributed by atoms with Crippen molar-refractivity contribution in [3.8, 4) is 0 Å². The molecule has 0 nitrogen and oxygen atoms in total. The molecule has 0 heterocycles. The fraction of sp³-hybridized carbons (Fsp3) is 0.750. The van der Waals surface area contributed by atoms with Crippen molar-refractivity contribution < 1.29 is 0 Å². The van der Waals surface area contributed by atoms with E-state index in [1.54, 1.807) is 0 Å². The molecule has 0 bridgehead atoms. The van der Waals surface area contributed by atoms with E-state index in [2.05, 4.69) is 22.7 Å². The lowest BCUT2D eigenvalue weighted by Crippen LogP contribution is -1.74. The van der Waals surface area contributed by atoms with Gasteiger partial charge in [-0.3, -0.25) is 0 Å². The molecule has 0 aliphatic carbocycles. The number of rotatable bonds is 1. The molecule has 0 atom stereocenters. The zero-order valence-electron chi connectivity index (χ0n) is 3.71. The van der Waals surface area contributed by atoms with E-state index in [0.29, 0.717) is 0 Å². The topological polar surface area (TPSA) is 0 Å². The molecule has 0 rings (SSSR count). The minimum Gasteiger partial charge on any atom is -0.123 e. The highest BCUT2D eigenvalue weighted by molar-refractivity contribution is 7.20. The third-order valence-electron chi connectivity index (χ3n) is 0.530. The van der Waals surface area contributed by atoms with Crippen LogP contribution >= 0.6 is 8.86 Å². The van der Waals surface area contributed by atoms with E-state index in [0.717, 1.165) is 6.42 Å². The van der Waals surface area contributed by atoms with Gasteiger partial charge in [-0.05, 0) is 13.3 Å². The molecule has 0 aromatic rings. The molecular formula is C4H9P. The zero-order valence-corrected chi connectivity index (χ0v) is 4.71. The molecule has 0 spiro atoms. The second kappa shape index (κ2) is 2.41. The summed E-state index contributed by atoms with van der Waals surface area (Å²) in [7, 11) is 3.33. The predicted molar refractivity (Wildman–Crippen MR) is 29.3 cm³/mol. The van der Waals surface area contributed by atoms with Gasteiger partial charge in [-0.15, -0.1) is 8.86 Å². The van der Waals surface area contributed by atoms with Crippen LogP contribution in [0.3, 0.4) is 0 Å². The van der Waals surface area contributed by atoms with Gasteiger partial charge in [-0.1, -0.05) is 12.2 Å². The van der Waals surface area contributed by atoms with Crippen molar-refractivity contribution in [2.24, 2.45) is 0 Å². The van der Waals surface area contributed by atoms with Gasteiger partial charge in [-0.25, -0.2) is 0 Å². The van der Waals surface area contributed by atoms with Crippen molar-refractivity contribution >= 4 is 14.2 Å². The number of hydrogen-bond acceptors (Lipinski definition) is 0. The maximum absolute atomic E-state index is 3.33. The Kier molecular flexibility index (Phi) is 2.49. The molecule has 0 N–H and O–H groups in total. The van der Waals surface area contributed by atoms with Gasteiger partial charge in [0.2, 0.25) is 0 Å². The van der Waals surface area contributed by atoms with Crippen LogP contribution in [0.5, 0.6) is 0 Å². The first-order chi connectivity index (χ1) is 2.27. The minimum absolute atomic E-state index is 1.14. The standard InChI is InChI=1S/C4H9P/c1-3-4(2)5/h5H,3H2,1-2H3. The van der Waals surface area contributed by atoms with Gasteiger partial charge in [0, 0.05) is 0 Å². The molecule has 0 fully saturated rings. The van der Waals surface area contributed by atoms with Crippen LogP contribution in [0.4, 0.5) is 0 Å². The first-order valence-electron chi connectivity index (χ1n) is 1.81. The fourth-order valence-electron chi connectivity index (χ4n) is 0. The molecule has 0 unspecified atom stereocenters. The average molecular weight is 88.1 g/mol. The van der Waals surface area contributed by atoms with Crippen molar-refractivity contribution in [2.75, 3.05) is 0 Å². The van der Waals surface area contributed by atoms with Gasteiger partial charge < -0.3 is 0 Å². The van der Waals surface area contributed by atoms with E-state index in [4.69, 9.17) is 0 Å². The normalized spacial score (nSPS) is 7.60. The highest BCUT2D eigenvalue weighted by atomic mass is 31.0. The Morgan fingerprint density at radius 3 is 2.00 bits per heavy atom. The Morgan fingerprint density at radius 2 is 2.00 bits per heavy atom. The molecule has 0 saturated carbocycles. The van der Waals surface area contributed by atoms with Crippen LogP contribution in [0.15, 0.2) is 0 Å². The average Bonchev–Trinajstić information content (AvgIpc) is 1.38. The maximum atomic E-state index is 3.33. The fourth-order valence-corrected chi connectivity index (χ4v) is 0. The zero-order chi connectivity index (χ0) is 4.28. The van der Waals surface area contributed by atoms with E-state index < -0.39 is 0 Å². The predicted octanol–water partition coefficient (Wildman–Crippen LogP) is 1.73. The molecule has 1 heteroatoms. The van der Waals surface area contributed by atoms with Crippen molar-refractivity contribution in [3.05, 3.63) is 0 Å². The van der Waals surface area contributed by atoms with E-state index >= 15 is 0 Å². The van der Waals surface area contributed by atoms with Crippen molar-refractivity contribution in [1.82, 2.24) is 0 Å². The summed E-state index contributed by atoms with van der Waals surface area (Å²) in [6.07, 6.45) is 1.14. The Labute approximate surface area is 35.4 Å². The van der Waals surface area contributed by atoms with Gasteiger partial charge in [0.1, 0.15) is 0 Å². The number of hydrogen-bond donors (Lipinski definition) is 0. The van der Waals surface area contributed by atoms with E-state index in [1.165, 1.54) is 5.29 Å². The second-order valence-electron chi connectivity index (χ2n) is 1.13. The molecule has 0 aliphatic rings. The molecule has 0 radical (unpaired) electrons. The van der Waals surface area contributed by atoms with Crippen LogP contribution in [-0.4, -0.2) is 5.29 Å². The van der Waals surface area contributed by atoms with Crippen LogP contribution in [0.1, 0.15) is 20.3 Å². The summed E-state index contributed by atoms with van der Waals surface area (Å²) in [5.74, 6) is 0. The Bertz CT molecular complexity index is 38.9. The van der Waals surface area contributed by atoms with Crippen molar-refractivity contribution in [1.29, 1.82) is 0 Å². The highest BCUT2D eigenvalue weighted by Crippen LogP contribution is 1.80. The van der Waals surface area contributed by atoms with Crippen molar-refractivity contribution in [2.45, 2.75) is 20.3 Å². The Balaban J connectivity index is 2.85. The van der Waals surface area contributed by atoms with Gasteiger partial charge in [-0.2, -0.15) is 0 Å². The van der Waals surface area contributed by atoms with Crippen LogP contribution in [0.2, 0.25) is 0 Å². The summed E-state index contributed by atoms with van der Waals surface area (Å²) in [6, 6.07) is 0. The van der Waals surface area contributed by atoms with Gasteiger partial charge in [0.15, 0.2) is 0 Å². The largest absolute Gasteiger partial charge is 0.123 e. The van der Waals surface area contributed by atoms with Crippen LogP contribution < -0.4 is 0 Å². The summed E-state index contributed by atoms with van der Waals surface area (Å²) in [5.41, 5.74) is 0. The molecule has 0 aromatic carbocycles. The minimum atomic E-state index is 1.14. The van der Waals surface area contributed by atoms with E-state index in [-0.39, 0.29) is 0 Å². The lowest BCUT2D eigenvalue weighted by molar-refractivity contribution is 1.31. The van der Waals surface area contributed by atoms with Gasteiger partial charge in [0.25, 0.3) is 0 Å². The molecule has 0 aliphatic heterocycles. The lowest BCUT2D eigenvalue weighted by Gasteiger charge is -1.78. The lowest BCUT2D eigenvalue weighted by atomic mass is 10.4. The molecular weight excluding hydrogens is 79.0 g/mol. The third-order valence-corrected chi connectivity index (χ3v) is 0.884. The monoisotopic (exact) mass is 88.0 g/mol.